The summed E-state index contributed by atoms with van der Waals surface area (Å²) in [5, 5.41) is 2.96. The number of hydrogen-bond acceptors (Lipinski definition) is 4. The molecular weight excluding hydrogens is 462 g/mol. The van der Waals surface area contributed by atoms with Gasteiger partial charge < -0.3 is 10.2 Å². The Morgan fingerprint density at radius 3 is 2.23 bits per heavy atom. The second kappa shape index (κ2) is 13.4. The van der Waals surface area contributed by atoms with Gasteiger partial charge in [0.05, 0.1) is 4.90 Å². The van der Waals surface area contributed by atoms with Crippen molar-refractivity contribution in [2.75, 3.05) is 20.1 Å². The lowest BCUT2D eigenvalue weighted by atomic mass is 10.0. The van der Waals surface area contributed by atoms with Crippen LogP contribution >= 0.6 is 0 Å². The van der Waals surface area contributed by atoms with Crippen molar-refractivity contribution in [1.29, 1.82) is 0 Å². The van der Waals surface area contributed by atoms with Gasteiger partial charge in [0.2, 0.25) is 21.8 Å². The fourth-order valence-corrected chi connectivity index (χ4v) is 5.03. The van der Waals surface area contributed by atoms with Crippen LogP contribution in [0.25, 0.3) is 0 Å². The molecule has 0 aromatic heterocycles. The smallest absolute Gasteiger partial charge is 0.242 e. The van der Waals surface area contributed by atoms with Gasteiger partial charge in [0.1, 0.15) is 6.04 Å². The normalized spacial score (nSPS) is 12.5. The molecule has 1 N–H and O–H groups in total. The highest BCUT2D eigenvalue weighted by Crippen LogP contribution is 2.18. The van der Waals surface area contributed by atoms with Crippen LogP contribution in [0, 0.1) is 12.8 Å². The molecule has 8 heteroatoms. The van der Waals surface area contributed by atoms with Crippen LogP contribution in [-0.2, 0) is 26.2 Å². The van der Waals surface area contributed by atoms with Crippen LogP contribution in [0.1, 0.15) is 51.2 Å². The molecule has 0 spiro atoms. The fourth-order valence-electron chi connectivity index (χ4n) is 3.80. The molecule has 2 aromatic rings. The van der Waals surface area contributed by atoms with Crippen molar-refractivity contribution in [2.24, 2.45) is 5.92 Å². The molecule has 0 heterocycles. The molecule has 192 valence electrons. The van der Waals surface area contributed by atoms with Gasteiger partial charge in [-0.2, -0.15) is 0 Å². The molecule has 2 aromatic carbocycles. The van der Waals surface area contributed by atoms with Crippen molar-refractivity contribution in [3.63, 3.8) is 0 Å². The number of aryl methyl sites for hydroxylation is 1. The molecule has 0 aliphatic rings. The lowest BCUT2D eigenvalue weighted by Gasteiger charge is -2.31. The summed E-state index contributed by atoms with van der Waals surface area (Å²) in [6.45, 7) is 9.02. The Labute approximate surface area is 210 Å². The van der Waals surface area contributed by atoms with E-state index >= 15 is 0 Å². The highest BCUT2D eigenvalue weighted by molar-refractivity contribution is 7.89. The number of nitrogens with zero attached hydrogens (tertiary/aromatic N) is 2. The van der Waals surface area contributed by atoms with Crippen LogP contribution in [0.15, 0.2) is 59.5 Å². The van der Waals surface area contributed by atoms with Gasteiger partial charge in [-0.25, -0.2) is 12.7 Å². The maximum absolute atomic E-state index is 13.4. The van der Waals surface area contributed by atoms with Gasteiger partial charge in [-0.1, -0.05) is 63.2 Å². The summed E-state index contributed by atoms with van der Waals surface area (Å²) in [4.78, 5) is 28.2. The lowest BCUT2D eigenvalue weighted by Crippen LogP contribution is -2.49. The highest BCUT2D eigenvalue weighted by Gasteiger charge is 2.29. The minimum Gasteiger partial charge on any atom is -0.354 e. The third-order valence-electron chi connectivity index (χ3n) is 5.99. The summed E-state index contributed by atoms with van der Waals surface area (Å²) < 4.78 is 26.8. The molecule has 0 saturated carbocycles. The topological polar surface area (TPSA) is 86.8 Å². The average Bonchev–Trinajstić information content (AvgIpc) is 2.84. The summed E-state index contributed by atoms with van der Waals surface area (Å²) in [5.41, 5.74) is 2.04. The molecule has 0 fully saturated rings. The van der Waals surface area contributed by atoms with E-state index in [0.717, 1.165) is 11.1 Å². The third-order valence-corrected chi connectivity index (χ3v) is 7.86. The van der Waals surface area contributed by atoms with Crippen molar-refractivity contribution in [3.05, 3.63) is 65.7 Å². The number of nitrogens with one attached hydrogen (secondary N) is 1. The van der Waals surface area contributed by atoms with Crippen LogP contribution in [0.3, 0.4) is 0 Å². The molecule has 0 saturated heterocycles. The van der Waals surface area contributed by atoms with Gasteiger partial charge in [0.15, 0.2) is 0 Å². The van der Waals surface area contributed by atoms with Crippen molar-refractivity contribution < 1.29 is 18.0 Å². The Balaban J connectivity index is 2.13. The maximum Gasteiger partial charge on any atom is 0.242 e. The van der Waals surface area contributed by atoms with Gasteiger partial charge in [-0.05, 0) is 48.9 Å². The molecule has 0 bridgehead atoms. The highest BCUT2D eigenvalue weighted by atomic mass is 32.2. The molecule has 0 aliphatic heterocycles. The van der Waals surface area contributed by atoms with Gasteiger partial charge in [-0.15, -0.1) is 0 Å². The van der Waals surface area contributed by atoms with E-state index in [1.807, 2.05) is 52.0 Å². The molecule has 0 radical (unpaired) electrons. The predicted octanol–water partition coefficient (Wildman–Crippen LogP) is 3.98. The summed E-state index contributed by atoms with van der Waals surface area (Å²) in [7, 11) is -2.10. The van der Waals surface area contributed by atoms with E-state index in [9.17, 15) is 18.0 Å². The minimum atomic E-state index is -3.62. The van der Waals surface area contributed by atoms with Crippen LogP contribution in [0.2, 0.25) is 0 Å². The van der Waals surface area contributed by atoms with Crippen LogP contribution in [-0.4, -0.2) is 55.6 Å². The van der Waals surface area contributed by atoms with E-state index < -0.39 is 16.1 Å². The fraction of sp³-hybridized carbons (Fsp3) is 0.481. The van der Waals surface area contributed by atoms with E-state index in [-0.39, 0.29) is 29.7 Å². The van der Waals surface area contributed by atoms with Gasteiger partial charge in [0, 0.05) is 33.1 Å². The Bertz CT molecular complexity index is 1070. The monoisotopic (exact) mass is 501 g/mol. The molecule has 35 heavy (non-hydrogen) atoms. The number of amides is 2. The van der Waals surface area contributed by atoms with Crippen LogP contribution in [0.4, 0.5) is 0 Å². The number of sulfonamides is 1. The number of rotatable bonds is 13. The first-order chi connectivity index (χ1) is 16.6. The van der Waals surface area contributed by atoms with E-state index in [0.29, 0.717) is 31.8 Å². The third kappa shape index (κ3) is 8.18. The molecule has 1 atom stereocenters. The molecule has 7 nitrogen and oxygen atoms in total. The summed E-state index contributed by atoms with van der Waals surface area (Å²) in [6.07, 6.45) is 0.994. The van der Waals surface area contributed by atoms with Crippen molar-refractivity contribution >= 4 is 21.8 Å². The average molecular weight is 502 g/mol. The van der Waals surface area contributed by atoms with Crippen molar-refractivity contribution in [1.82, 2.24) is 14.5 Å². The first-order valence-corrected chi connectivity index (χ1v) is 13.6. The lowest BCUT2D eigenvalue weighted by molar-refractivity contribution is -0.141. The van der Waals surface area contributed by atoms with Crippen LogP contribution in [0.5, 0.6) is 0 Å². The number of carbonyl (C=O) groups excluding carboxylic acids is 2. The Morgan fingerprint density at radius 2 is 1.63 bits per heavy atom. The first-order valence-electron chi connectivity index (χ1n) is 12.2. The van der Waals surface area contributed by atoms with E-state index in [1.54, 1.807) is 35.2 Å². The quantitative estimate of drug-likeness (QED) is 0.450. The molecule has 2 amide bonds. The summed E-state index contributed by atoms with van der Waals surface area (Å²) >= 11 is 0. The van der Waals surface area contributed by atoms with Crippen molar-refractivity contribution in [3.8, 4) is 0 Å². The predicted molar refractivity (Wildman–Crippen MR) is 139 cm³/mol. The zero-order valence-corrected chi connectivity index (χ0v) is 22.3. The number of hydrogen-bond donors (Lipinski definition) is 1. The van der Waals surface area contributed by atoms with E-state index in [4.69, 9.17) is 0 Å². The molecule has 0 aliphatic carbocycles. The second-order valence-corrected chi connectivity index (χ2v) is 11.3. The SMILES string of the molecule is CCC(C(=O)NCC(C)C)N(Cc1ccccc1C)C(=O)CCCN(C)S(=O)(=O)c1ccccc1. The molecule has 2 rings (SSSR count). The molecular formula is C27H39N3O4S. The minimum absolute atomic E-state index is 0.147. The summed E-state index contributed by atoms with van der Waals surface area (Å²) in [5.74, 6) is -0.0173. The van der Waals surface area contributed by atoms with Gasteiger partial charge in [-0.3, -0.25) is 9.59 Å². The van der Waals surface area contributed by atoms with Crippen LogP contribution < -0.4 is 5.32 Å². The van der Waals surface area contributed by atoms with Crippen molar-refractivity contribution in [2.45, 2.75) is 64.4 Å². The zero-order chi connectivity index (χ0) is 26.0. The maximum atomic E-state index is 13.4. The molecule has 1 unspecified atom stereocenters. The largest absolute Gasteiger partial charge is 0.354 e. The zero-order valence-electron chi connectivity index (χ0n) is 21.5. The number of carbonyl (C=O) groups is 2. The standard InChI is InChI=1S/C27H39N3O4S/c1-6-25(27(32)28-19-21(2)3)30(20-23-14-11-10-13-22(23)4)26(31)17-12-18-29(5)35(33,34)24-15-8-7-9-16-24/h7-11,13-16,21,25H,6,12,17-20H2,1-5H3,(H,28,32). The Morgan fingerprint density at radius 1 is 1.00 bits per heavy atom. The van der Waals surface area contributed by atoms with Gasteiger partial charge >= 0.3 is 0 Å². The Kier molecular flexibility index (Phi) is 10.9. The summed E-state index contributed by atoms with van der Waals surface area (Å²) in [6, 6.07) is 15.5. The number of benzene rings is 2. The van der Waals surface area contributed by atoms with E-state index in [1.165, 1.54) is 11.4 Å². The second-order valence-electron chi connectivity index (χ2n) is 9.25. The van der Waals surface area contributed by atoms with Gasteiger partial charge in [0.25, 0.3) is 0 Å². The Hall–Kier alpha value is -2.71. The van der Waals surface area contributed by atoms with E-state index in [2.05, 4.69) is 5.32 Å². The first kappa shape index (κ1) is 28.5.